The summed E-state index contributed by atoms with van der Waals surface area (Å²) in [6.07, 6.45) is 2.65. The van der Waals surface area contributed by atoms with Crippen LogP contribution in [0.15, 0.2) is 36.5 Å². The molecule has 1 unspecified atom stereocenters. The number of likely N-dealkylation sites (tertiary alicyclic amines) is 1. The Labute approximate surface area is 142 Å². The molecule has 128 valence electrons. The highest BCUT2D eigenvalue weighted by molar-refractivity contribution is 5.51. The molecule has 1 aromatic carbocycles. The van der Waals surface area contributed by atoms with Crippen LogP contribution >= 0.6 is 0 Å². The maximum Gasteiger partial charge on any atom is 0.206 e. The van der Waals surface area contributed by atoms with Crippen LogP contribution in [-0.4, -0.2) is 43.6 Å². The van der Waals surface area contributed by atoms with E-state index < -0.39 is 11.6 Å². The number of rotatable bonds is 4. The van der Waals surface area contributed by atoms with Crippen LogP contribution in [0.2, 0.25) is 0 Å². The number of halogens is 2. The molecule has 1 aliphatic heterocycles. The zero-order valence-electron chi connectivity index (χ0n) is 13.4. The monoisotopic (exact) mass is 342 g/mol. The van der Waals surface area contributed by atoms with Crippen molar-refractivity contribution in [3.8, 4) is 11.4 Å². The largest absolute Gasteiger partial charge is 0.297 e. The summed E-state index contributed by atoms with van der Waals surface area (Å²) in [7, 11) is 0. The number of nitrogens with zero attached hydrogens (tertiary/aromatic N) is 5. The summed E-state index contributed by atoms with van der Waals surface area (Å²) in [5.74, 6) is -0.855. The van der Waals surface area contributed by atoms with E-state index >= 15 is 0 Å². The summed E-state index contributed by atoms with van der Waals surface area (Å²) >= 11 is 0. The Morgan fingerprint density at radius 1 is 1.16 bits per heavy atom. The van der Waals surface area contributed by atoms with Gasteiger partial charge in [-0.2, -0.15) is 5.21 Å². The molecule has 1 atom stereocenters. The minimum atomic E-state index is -0.801. The van der Waals surface area contributed by atoms with Crippen LogP contribution in [0.25, 0.3) is 11.4 Å². The summed E-state index contributed by atoms with van der Waals surface area (Å²) in [6, 6.07) is 8.03. The van der Waals surface area contributed by atoms with Gasteiger partial charge >= 0.3 is 0 Å². The standard InChI is InChI=1S/C17H16F2N6/c18-15-4-2-11(7-16(15)19)13-5-6-25(9-13)10-14-3-1-12(8-20-14)17-21-23-24-22-17/h1-4,7-8,13H,5-6,9-10H2,(H,21,22,23,24). The van der Waals surface area contributed by atoms with Crippen molar-refractivity contribution in [1.29, 1.82) is 0 Å². The van der Waals surface area contributed by atoms with Crippen molar-refractivity contribution in [3.63, 3.8) is 0 Å². The third-order valence-electron chi connectivity index (χ3n) is 4.50. The van der Waals surface area contributed by atoms with E-state index in [-0.39, 0.29) is 5.92 Å². The molecule has 4 rings (SSSR count). The van der Waals surface area contributed by atoms with E-state index in [9.17, 15) is 8.78 Å². The number of tetrazole rings is 1. The Morgan fingerprint density at radius 3 is 2.80 bits per heavy atom. The maximum atomic E-state index is 13.4. The van der Waals surface area contributed by atoms with Gasteiger partial charge in [0.05, 0.1) is 5.69 Å². The molecule has 0 amide bonds. The molecule has 3 aromatic rings. The predicted molar refractivity (Wildman–Crippen MR) is 86.4 cm³/mol. The lowest BCUT2D eigenvalue weighted by Gasteiger charge is -2.16. The van der Waals surface area contributed by atoms with Gasteiger partial charge in [-0.1, -0.05) is 6.07 Å². The van der Waals surface area contributed by atoms with Crippen LogP contribution in [0.4, 0.5) is 8.78 Å². The second-order valence-corrected chi connectivity index (χ2v) is 6.17. The van der Waals surface area contributed by atoms with Gasteiger partial charge < -0.3 is 0 Å². The van der Waals surface area contributed by atoms with Gasteiger partial charge in [0.2, 0.25) is 5.82 Å². The number of aromatic amines is 1. The molecule has 1 fully saturated rings. The minimum Gasteiger partial charge on any atom is -0.297 e. The highest BCUT2D eigenvalue weighted by Crippen LogP contribution is 2.29. The number of pyridine rings is 1. The fourth-order valence-electron chi connectivity index (χ4n) is 3.18. The Balaban J connectivity index is 1.40. The Kier molecular flexibility index (Phi) is 4.19. The molecule has 0 aliphatic carbocycles. The number of hydrogen-bond donors (Lipinski definition) is 1. The first kappa shape index (κ1) is 15.8. The van der Waals surface area contributed by atoms with Gasteiger partial charge in [0.25, 0.3) is 0 Å². The fourth-order valence-corrected chi connectivity index (χ4v) is 3.18. The van der Waals surface area contributed by atoms with Gasteiger partial charge in [0.15, 0.2) is 11.6 Å². The molecule has 3 heterocycles. The quantitative estimate of drug-likeness (QED) is 0.789. The average molecular weight is 342 g/mol. The Morgan fingerprint density at radius 2 is 2.08 bits per heavy atom. The van der Waals surface area contributed by atoms with Crippen molar-refractivity contribution < 1.29 is 8.78 Å². The topological polar surface area (TPSA) is 70.6 Å². The van der Waals surface area contributed by atoms with Gasteiger partial charge in [-0.25, -0.2) is 8.78 Å². The molecule has 8 heteroatoms. The van der Waals surface area contributed by atoms with Gasteiger partial charge in [0.1, 0.15) is 0 Å². The zero-order valence-corrected chi connectivity index (χ0v) is 13.4. The smallest absolute Gasteiger partial charge is 0.206 e. The van der Waals surface area contributed by atoms with Crippen molar-refractivity contribution >= 4 is 0 Å². The normalized spacial score (nSPS) is 17.9. The first-order valence-corrected chi connectivity index (χ1v) is 8.05. The molecule has 1 saturated heterocycles. The number of hydrogen-bond acceptors (Lipinski definition) is 5. The van der Waals surface area contributed by atoms with Crippen LogP contribution in [0.3, 0.4) is 0 Å². The average Bonchev–Trinajstić information content (AvgIpc) is 3.30. The molecule has 6 nitrogen and oxygen atoms in total. The summed E-state index contributed by atoms with van der Waals surface area (Å²) in [5, 5.41) is 13.8. The zero-order chi connectivity index (χ0) is 17.2. The molecule has 0 radical (unpaired) electrons. The predicted octanol–water partition coefficient (Wildman–Crippen LogP) is 2.53. The van der Waals surface area contributed by atoms with E-state index in [0.29, 0.717) is 12.4 Å². The van der Waals surface area contributed by atoms with E-state index in [1.807, 2.05) is 12.1 Å². The van der Waals surface area contributed by atoms with Crippen LogP contribution in [0, 0.1) is 11.6 Å². The van der Waals surface area contributed by atoms with Crippen molar-refractivity contribution in [2.45, 2.75) is 18.9 Å². The maximum absolute atomic E-state index is 13.4. The lowest BCUT2D eigenvalue weighted by Crippen LogP contribution is -2.20. The van der Waals surface area contributed by atoms with Crippen molar-refractivity contribution in [3.05, 3.63) is 59.4 Å². The lowest BCUT2D eigenvalue weighted by molar-refractivity contribution is 0.322. The molecule has 1 aliphatic rings. The highest BCUT2D eigenvalue weighted by Gasteiger charge is 2.24. The molecule has 0 spiro atoms. The number of aromatic nitrogens is 5. The second kappa shape index (κ2) is 6.64. The van der Waals surface area contributed by atoms with E-state index in [1.54, 1.807) is 12.3 Å². The van der Waals surface area contributed by atoms with E-state index in [0.717, 1.165) is 36.3 Å². The number of benzene rings is 1. The minimum absolute atomic E-state index is 0.216. The van der Waals surface area contributed by atoms with Gasteiger partial charge in [-0.15, -0.1) is 10.2 Å². The first-order valence-electron chi connectivity index (χ1n) is 8.05. The molecule has 0 saturated carbocycles. The van der Waals surface area contributed by atoms with E-state index in [2.05, 4.69) is 30.5 Å². The van der Waals surface area contributed by atoms with Crippen LogP contribution in [-0.2, 0) is 6.54 Å². The molecule has 2 aromatic heterocycles. The van der Waals surface area contributed by atoms with Crippen molar-refractivity contribution in [2.75, 3.05) is 13.1 Å². The fraction of sp³-hybridized carbons (Fsp3) is 0.294. The van der Waals surface area contributed by atoms with Crippen molar-refractivity contribution in [2.24, 2.45) is 0 Å². The molecular formula is C17H16F2N6. The number of nitrogens with one attached hydrogen (secondary N) is 1. The van der Waals surface area contributed by atoms with Gasteiger partial charge in [-0.3, -0.25) is 9.88 Å². The first-order chi connectivity index (χ1) is 12.2. The van der Waals surface area contributed by atoms with Gasteiger partial charge in [0, 0.05) is 24.8 Å². The van der Waals surface area contributed by atoms with E-state index in [4.69, 9.17) is 0 Å². The van der Waals surface area contributed by atoms with Gasteiger partial charge in [-0.05, 0) is 53.9 Å². The Hall–Kier alpha value is -2.74. The van der Waals surface area contributed by atoms with E-state index in [1.165, 1.54) is 12.1 Å². The second-order valence-electron chi connectivity index (χ2n) is 6.17. The molecule has 0 bridgehead atoms. The molecular weight excluding hydrogens is 326 g/mol. The Bertz CT molecular complexity index is 850. The SMILES string of the molecule is Fc1ccc(C2CCN(Cc3ccc(-c4nn[nH]n4)cn3)C2)cc1F. The van der Waals surface area contributed by atoms with Crippen LogP contribution in [0.5, 0.6) is 0 Å². The third kappa shape index (κ3) is 3.39. The van der Waals surface area contributed by atoms with Crippen LogP contribution in [0.1, 0.15) is 23.6 Å². The molecule has 25 heavy (non-hydrogen) atoms. The van der Waals surface area contributed by atoms with Crippen LogP contribution < -0.4 is 0 Å². The number of H-pyrrole nitrogens is 1. The summed E-state index contributed by atoms with van der Waals surface area (Å²) < 4.78 is 26.5. The third-order valence-corrected chi connectivity index (χ3v) is 4.50. The summed E-state index contributed by atoms with van der Waals surface area (Å²) in [6.45, 7) is 2.42. The molecule has 1 N–H and O–H groups in total. The summed E-state index contributed by atoms with van der Waals surface area (Å²) in [5.41, 5.74) is 2.60. The highest BCUT2D eigenvalue weighted by atomic mass is 19.2. The van der Waals surface area contributed by atoms with Crippen molar-refractivity contribution in [1.82, 2.24) is 30.5 Å². The lowest BCUT2D eigenvalue weighted by atomic mass is 9.98. The summed E-state index contributed by atoms with van der Waals surface area (Å²) in [4.78, 5) is 6.71.